The molecule has 0 heterocycles. The first-order valence-corrected chi connectivity index (χ1v) is 6.08. The molecule has 0 aromatic heterocycles. The van der Waals surface area contributed by atoms with Gasteiger partial charge in [0.15, 0.2) is 0 Å². The normalized spacial score (nSPS) is 27.5. The van der Waals surface area contributed by atoms with Crippen LogP contribution in [0.25, 0.3) is 0 Å². The van der Waals surface area contributed by atoms with Gasteiger partial charge in [-0.15, -0.1) is 0 Å². The summed E-state index contributed by atoms with van der Waals surface area (Å²) in [6.45, 7) is 0. The number of thiocarbonyl (C=S) groups is 2. The number of rotatable bonds is 1. The van der Waals surface area contributed by atoms with E-state index in [1.54, 1.807) is 10.3 Å². The standard InChI is InChI=1S/C9H14O2.2CHNS/c1-11-8(10)9-4-2-7(6-9)3-5-9;2*2-1-3/h7H,2-6H2,1H3;2*2H. The molecule has 2 bridgehead atoms. The molecule has 2 rings (SSSR count). The van der Waals surface area contributed by atoms with Crippen LogP contribution in [0.15, 0.2) is 0 Å². The molecule has 4 nitrogen and oxygen atoms in total. The summed E-state index contributed by atoms with van der Waals surface area (Å²) >= 11 is 7.62. The fourth-order valence-corrected chi connectivity index (χ4v) is 2.69. The zero-order valence-electron chi connectivity index (χ0n) is 9.75. The number of carbonyl (C=O) groups excluding carboxylic acids is 1. The lowest BCUT2D eigenvalue weighted by molar-refractivity contribution is -0.152. The molecule has 0 radical (unpaired) electrons. The van der Waals surface area contributed by atoms with Crippen molar-refractivity contribution < 1.29 is 9.53 Å². The molecule has 0 saturated heterocycles. The van der Waals surface area contributed by atoms with Crippen molar-refractivity contribution in [3.8, 4) is 0 Å². The summed E-state index contributed by atoms with van der Waals surface area (Å²) < 4.78 is 4.82. The minimum absolute atomic E-state index is 0.0394. The lowest BCUT2D eigenvalue weighted by Crippen LogP contribution is -2.27. The quantitative estimate of drug-likeness (QED) is 0.437. The van der Waals surface area contributed by atoms with Crippen LogP contribution >= 0.6 is 24.4 Å². The molecule has 2 N–H and O–H groups in total. The molecule has 2 fully saturated rings. The van der Waals surface area contributed by atoms with E-state index in [9.17, 15) is 4.79 Å². The van der Waals surface area contributed by atoms with Crippen LogP contribution in [0, 0.1) is 22.2 Å². The fourth-order valence-electron chi connectivity index (χ4n) is 2.69. The van der Waals surface area contributed by atoms with Crippen molar-refractivity contribution in [3.05, 3.63) is 0 Å². The number of fused-ring (bicyclic) bond motifs is 2. The highest BCUT2D eigenvalue weighted by atomic mass is 32.1. The topological polar surface area (TPSA) is 74.0 Å². The Morgan fingerprint density at radius 3 is 1.94 bits per heavy atom. The zero-order chi connectivity index (χ0) is 13.3. The summed E-state index contributed by atoms with van der Waals surface area (Å²) in [4.78, 5) is 11.4. The van der Waals surface area contributed by atoms with Crippen molar-refractivity contribution in [1.82, 2.24) is 0 Å². The lowest BCUT2D eigenvalue weighted by atomic mass is 9.84. The zero-order valence-corrected chi connectivity index (χ0v) is 11.4. The maximum absolute atomic E-state index is 11.4. The number of hydrogen-bond acceptors (Lipinski definition) is 6. The monoisotopic (exact) mass is 272 g/mol. The SMILES string of the molecule is COC(=O)C12CCC(CC1)C2.N=C=S.N=C=S. The minimum Gasteiger partial charge on any atom is -0.469 e. The van der Waals surface area contributed by atoms with Crippen molar-refractivity contribution in [3.63, 3.8) is 0 Å². The molecule has 0 aromatic carbocycles. The Balaban J connectivity index is 0.000000366. The summed E-state index contributed by atoms with van der Waals surface area (Å²) in [6, 6.07) is 0. The van der Waals surface area contributed by atoms with Gasteiger partial charge >= 0.3 is 5.97 Å². The van der Waals surface area contributed by atoms with E-state index in [1.807, 2.05) is 0 Å². The van der Waals surface area contributed by atoms with Gasteiger partial charge in [0.2, 0.25) is 0 Å². The van der Waals surface area contributed by atoms with Crippen LogP contribution in [0.4, 0.5) is 0 Å². The van der Waals surface area contributed by atoms with Crippen molar-refractivity contribution in [2.75, 3.05) is 7.11 Å². The van der Waals surface area contributed by atoms with Gasteiger partial charge in [-0.25, -0.2) is 10.8 Å². The third-order valence-electron chi connectivity index (χ3n) is 3.36. The highest BCUT2D eigenvalue weighted by Crippen LogP contribution is 2.54. The Morgan fingerprint density at radius 1 is 1.29 bits per heavy atom. The molecule has 0 amide bonds. The Kier molecular flexibility index (Phi) is 7.75. The number of hydrogen-bond donors (Lipinski definition) is 2. The maximum Gasteiger partial charge on any atom is 0.311 e. The first-order chi connectivity index (χ1) is 8.10. The van der Waals surface area contributed by atoms with E-state index in [4.69, 9.17) is 15.6 Å². The van der Waals surface area contributed by atoms with E-state index < -0.39 is 0 Å². The van der Waals surface area contributed by atoms with Crippen LogP contribution in [-0.4, -0.2) is 23.4 Å². The second-order valence-electron chi connectivity index (χ2n) is 4.12. The molecule has 0 spiro atoms. The first-order valence-electron chi connectivity index (χ1n) is 5.26. The third-order valence-corrected chi connectivity index (χ3v) is 3.36. The lowest BCUT2D eigenvalue weighted by Gasteiger charge is -2.22. The second kappa shape index (κ2) is 8.20. The number of ether oxygens (including phenoxy) is 1. The maximum atomic E-state index is 11.4. The third kappa shape index (κ3) is 4.44. The van der Waals surface area contributed by atoms with Crippen molar-refractivity contribution in [2.45, 2.75) is 32.1 Å². The molecule has 0 unspecified atom stereocenters. The molecular formula is C11H16N2O2S2. The highest BCUT2D eigenvalue weighted by Gasteiger charge is 2.50. The molecule has 17 heavy (non-hydrogen) atoms. The van der Waals surface area contributed by atoms with Gasteiger partial charge in [0.05, 0.1) is 22.8 Å². The van der Waals surface area contributed by atoms with Gasteiger partial charge in [0.1, 0.15) is 0 Å². The predicted octanol–water partition coefficient (Wildman–Crippen LogP) is 3.08. The average Bonchev–Trinajstić information content (AvgIpc) is 2.91. The fraction of sp³-hybridized carbons (Fsp3) is 0.727. The van der Waals surface area contributed by atoms with Crippen LogP contribution in [0.1, 0.15) is 32.1 Å². The van der Waals surface area contributed by atoms with Crippen LogP contribution < -0.4 is 0 Å². The molecule has 94 valence electrons. The Bertz CT molecular complexity index is 312. The molecule has 0 aliphatic heterocycles. The van der Waals surface area contributed by atoms with E-state index in [2.05, 4.69) is 24.4 Å². The Labute approximate surface area is 112 Å². The number of esters is 1. The van der Waals surface area contributed by atoms with Crippen molar-refractivity contribution in [2.24, 2.45) is 11.3 Å². The average molecular weight is 272 g/mol. The van der Waals surface area contributed by atoms with Gasteiger partial charge in [-0.1, -0.05) is 0 Å². The van der Waals surface area contributed by atoms with E-state index in [0.29, 0.717) is 0 Å². The largest absolute Gasteiger partial charge is 0.469 e. The highest BCUT2D eigenvalue weighted by molar-refractivity contribution is 7.78. The Hall–Kier alpha value is -0.930. The van der Waals surface area contributed by atoms with E-state index in [0.717, 1.165) is 25.2 Å². The van der Waals surface area contributed by atoms with Crippen molar-refractivity contribution in [1.29, 1.82) is 10.8 Å². The summed E-state index contributed by atoms with van der Waals surface area (Å²) in [5.74, 6) is 0.867. The van der Waals surface area contributed by atoms with Crippen LogP contribution in [0.3, 0.4) is 0 Å². The molecule has 2 saturated carbocycles. The smallest absolute Gasteiger partial charge is 0.311 e. The summed E-state index contributed by atoms with van der Waals surface area (Å²) in [6.07, 6.45) is 5.73. The van der Waals surface area contributed by atoms with Gasteiger partial charge in [-0.3, -0.25) is 4.79 Å². The van der Waals surface area contributed by atoms with Gasteiger partial charge < -0.3 is 4.74 Å². The summed E-state index contributed by atoms with van der Waals surface area (Å²) in [5, 5.41) is 14.7. The molecule has 0 atom stereocenters. The molecule has 2 aliphatic rings. The first kappa shape index (κ1) is 16.1. The van der Waals surface area contributed by atoms with Gasteiger partial charge in [-0.05, 0) is 62.5 Å². The van der Waals surface area contributed by atoms with E-state index in [1.165, 1.54) is 20.0 Å². The molecule has 6 heteroatoms. The van der Waals surface area contributed by atoms with Crippen LogP contribution in [0.2, 0.25) is 0 Å². The number of nitrogens with one attached hydrogen (secondary N) is 2. The summed E-state index contributed by atoms with van der Waals surface area (Å²) in [7, 11) is 1.50. The van der Waals surface area contributed by atoms with E-state index >= 15 is 0 Å². The number of methoxy groups -OCH3 is 1. The van der Waals surface area contributed by atoms with E-state index in [-0.39, 0.29) is 11.4 Å². The molecule has 2 aliphatic carbocycles. The molecular weight excluding hydrogens is 256 g/mol. The second-order valence-corrected chi connectivity index (χ2v) is 4.53. The van der Waals surface area contributed by atoms with Gasteiger partial charge in [0.25, 0.3) is 0 Å². The van der Waals surface area contributed by atoms with Crippen LogP contribution in [-0.2, 0) is 9.53 Å². The van der Waals surface area contributed by atoms with Gasteiger partial charge in [-0.2, -0.15) is 0 Å². The number of isothiocyanates is 2. The molecule has 0 aromatic rings. The van der Waals surface area contributed by atoms with Gasteiger partial charge in [0, 0.05) is 0 Å². The number of carbonyl (C=O) groups is 1. The Morgan fingerprint density at radius 2 is 1.71 bits per heavy atom. The predicted molar refractivity (Wildman–Crippen MR) is 71.7 cm³/mol. The van der Waals surface area contributed by atoms with Crippen molar-refractivity contribution >= 4 is 40.7 Å². The van der Waals surface area contributed by atoms with Crippen LogP contribution in [0.5, 0.6) is 0 Å². The minimum atomic E-state index is -0.0422. The summed E-state index contributed by atoms with van der Waals surface area (Å²) in [5.41, 5.74) is -0.0422.